The van der Waals surface area contributed by atoms with E-state index in [0.717, 1.165) is 10.0 Å². The highest BCUT2D eigenvalue weighted by Crippen LogP contribution is 2.25. The fourth-order valence-electron chi connectivity index (χ4n) is 1.61. The molecule has 5 heteroatoms. The molecule has 0 unspecified atom stereocenters. The first-order chi connectivity index (χ1) is 8.97. The van der Waals surface area contributed by atoms with E-state index in [9.17, 15) is 4.79 Å². The van der Waals surface area contributed by atoms with E-state index >= 15 is 0 Å². The summed E-state index contributed by atoms with van der Waals surface area (Å²) in [5.41, 5.74) is 2.14. The smallest absolute Gasteiger partial charge is 0.256 e. The van der Waals surface area contributed by atoms with Gasteiger partial charge in [0.2, 0.25) is 0 Å². The zero-order valence-corrected chi connectivity index (χ0v) is 13.3. The number of aryl methyl sites for hydroxylation is 1. The van der Waals surface area contributed by atoms with E-state index in [-0.39, 0.29) is 5.91 Å². The van der Waals surface area contributed by atoms with Crippen LogP contribution in [0.2, 0.25) is 5.02 Å². The van der Waals surface area contributed by atoms with Crippen LogP contribution < -0.4 is 5.32 Å². The van der Waals surface area contributed by atoms with Crippen LogP contribution in [-0.4, -0.2) is 5.91 Å². The Morgan fingerprint density at radius 1 is 1.26 bits per heavy atom. The van der Waals surface area contributed by atoms with Gasteiger partial charge in [-0.1, -0.05) is 33.6 Å². The van der Waals surface area contributed by atoms with E-state index in [0.29, 0.717) is 21.2 Å². The monoisotopic (exact) mass is 355 g/mol. The molecule has 0 radical (unpaired) electrons. The molecule has 98 valence electrons. The summed E-state index contributed by atoms with van der Waals surface area (Å²) in [5.74, 6) is -0.233. The van der Waals surface area contributed by atoms with Crippen molar-refractivity contribution in [2.24, 2.45) is 0 Å². The predicted octanol–water partition coefficient (Wildman–Crippen LogP) is 4.95. The SMILES string of the molecule is Cc1ccc(NC(=O)c2ccc(Br)cc2S)c(Cl)c1. The first-order valence-electron chi connectivity index (χ1n) is 5.53. The molecule has 2 nitrogen and oxygen atoms in total. The van der Waals surface area contributed by atoms with Crippen LogP contribution in [0.25, 0.3) is 0 Å². The number of carbonyl (C=O) groups excluding carboxylic acids is 1. The van der Waals surface area contributed by atoms with Crippen LogP contribution in [0.5, 0.6) is 0 Å². The molecular weight excluding hydrogens is 346 g/mol. The summed E-state index contributed by atoms with van der Waals surface area (Å²) in [6.07, 6.45) is 0. The van der Waals surface area contributed by atoms with Crippen molar-refractivity contribution in [1.82, 2.24) is 0 Å². The molecule has 0 fully saturated rings. The average molecular weight is 357 g/mol. The van der Waals surface area contributed by atoms with Gasteiger partial charge >= 0.3 is 0 Å². The third-order valence-electron chi connectivity index (χ3n) is 2.58. The summed E-state index contributed by atoms with van der Waals surface area (Å²) in [6.45, 7) is 1.94. The van der Waals surface area contributed by atoms with E-state index in [2.05, 4.69) is 33.9 Å². The topological polar surface area (TPSA) is 29.1 Å². The zero-order valence-electron chi connectivity index (χ0n) is 10.1. The summed E-state index contributed by atoms with van der Waals surface area (Å²) in [6, 6.07) is 10.8. The molecular formula is C14H11BrClNOS. The summed E-state index contributed by atoms with van der Waals surface area (Å²) in [7, 11) is 0. The number of benzene rings is 2. The molecule has 0 saturated heterocycles. The lowest BCUT2D eigenvalue weighted by molar-refractivity contribution is 0.102. The maximum absolute atomic E-state index is 12.1. The minimum atomic E-state index is -0.233. The van der Waals surface area contributed by atoms with E-state index in [1.807, 2.05) is 13.0 Å². The Morgan fingerprint density at radius 2 is 2.00 bits per heavy atom. The van der Waals surface area contributed by atoms with Crippen LogP contribution in [0.3, 0.4) is 0 Å². The molecule has 1 N–H and O–H groups in total. The quantitative estimate of drug-likeness (QED) is 0.732. The van der Waals surface area contributed by atoms with Crippen molar-refractivity contribution in [3.05, 3.63) is 57.0 Å². The Hall–Kier alpha value is -0.970. The third kappa shape index (κ3) is 3.53. The molecule has 0 aliphatic rings. The van der Waals surface area contributed by atoms with E-state index in [1.54, 1.807) is 30.3 Å². The van der Waals surface area contributed by atoms with Gasteiger partial charge in [0.1, 0.15) is 0 Å². The van der Waals surface area contributed by atoms with Crippen LogP contribution in [0.15, 0.2) is 45.8 Å². The van der Waals surface area contributed by atoms with Gasteiger partial charge in [0.15, 0.2) is 0 Å². The van der Waals surface area contributed by atoms with Crippen LogP contribution in [0.1, 0.15) is 15.9 Å². The van der Waals surface area contributed by atoms with Gasteiger partial charge in [-0.15, -0.1) is 12.6 Å². The number of amides is 1. The Kier molecular flexibility index (Phi) is 4.55. The van der Waals surface area contributed by atoms with Crippen LogP contribution >= 0.6 is 40.2 Å². The van der Waals surface area contributed by atoms with Crippen LogP contribution in [-0.2, 0) is 0 Å². The standard InChI is InChI=1S/C14H11BrClNOS/c1-8-2-5-12(11(16)6-8)17-14(18)10-4-3-9(15)7-13(10)19/h2-7,19H,1H3,(H,17,18). The number of thiol groups is 1. The maximum atomic E-state index is 12.1. The van der Waals surface area contributed by atoms with Gasteiger partial charge in [-0.05, 0) is 42.8 Å². The first-order valence-corrected chi connectivity index (χ1v) is 7.15. The van der Waals surface area contributed by atoms with Crippen molar-refractivity contribution in [2.45, 2.75) is 11.8 Å². The number of anilines is 1. The second-order valence-electron chi connectivity index (χ2n) is 4.10. The summed E-state index contributed by atoms with van der Waals surface area (Å²) in [5, 5.41) is 3.30. The Labute approximate surface area is 130 Å². The summed E-state index contributed by atoms with van der Waals surface area (Å²) >= 11 is 13.7. The fraction of sp³-hybridized carbons (Fsp3) is 0.0714. The van der Waals surface area contributed by atoms with Gasteiger partial charge in [-0.25, -0.2) is 0 Å². The molecule has 0 saturated carbocycles. The molecule has 1 amide bonds. The van der Waals surface area contributed by atoms with E-state index < -0.39 is 0 Å². The van der Waals surface area contributed by atoms with Gasteiger partial charge in [0.25, 0.3) is 5.91 Å². The Bertz CT molecular complexity index is 645. The van der Waals surface area contributed by atoms with Crippen molar-refractivity contribution in [1.29, 1.82) is 0 Å². The minimum Gasteiger partial charge on any atom is -0.321 e. The second-order valence-corrected chi connectivity index (χ2v) is 5.90. The summed E-state index contributed by atoms with van der Waals surface area (Å²) < 4.78 is 0.877. The van der Waals surface area contributed by atoms with Crippen molar-refractivity contribution in [3.63, 3.8) is 0 Å². The molecule has 2 aromatic carbocycles. The molecule has 2 rings (SSSR count). The molecule has 0 aromatic heterocycles. The van der Waals surface area contributed by atoms with Crippen LogP contribution in [0.4, 0.5) is 5.69 Å². The molecule has 0 aliphatic carbocycles. The highest BCUT2D eigenvalue weighted by Gasteiger charge is 2.11. The highest BCUT2D eigenvalue weighted by molar-refractivity contribution is 9.10. The van der Waals surface area contributed by atoms with Gasteiger partial charge in [0, 0.05) is 9.37 Å². The number of carbonyl (C=O) groups is 1. The molecule has 2 aromatic rings. The first kappa shape index (κ1) is 14.4. The van der Waals surface area contributed by atoms with E-state index in [1.165, 1.54) is 0 Å². The molecule has 0 aliphatic heterocycles. The number of nitrogens with one attached hydrogen (secondary N) is 1. The van der Waals surface area contributed by atoms with Crippen molar-refractivity contribution in [3.8, 4) is 0 Å². The zero-order chi connectivity index (χ0) is 14.0. The number of hydrogen-bond acceptors (Lipinski definition) is 2. The van der Waals surface area contributed by atoms with Crippen molar-refractivity contribution >= 4 is 51.8 Å². The summed E-state index contributed by atoms with van der Waals surface area (Å²) in [4.78, 5) is 12.8. The average Bonchev–Trinajstić information content (AvgIpc) is 2.32. The fourth-order valence-corrected chi connectivity index (χ4v) is 2.74. The minimum absolute atomic E-state index is 0.233. The van der Waals surface area contributed by atoms with Crippen LogP contribution in [0, 0.1) is 6.92 Å². The Balaban J connectivity index is 2.25. The molecule has 0 bridgehead atoms. The van der Waals surface area contributed by atoms with E-state index in [4.69, 9.17) is 11.6 Å². The maximum Gasteiger partial charge on any atom is 0.256 e. The molecule has 19 heavy (non-hydrogen) atoms. The van der Waals surface area contributed by atoms with Gasteiger partial charge < -0.3 is 5.32 Å². The van der Waals surface area contributed by atoms with Gasteiger partial charge in [-0.3, -0.25) is 4.79 Å². The molecule has 0 spiro atoms. The van der Waals surface area contributed by atoms with Gasteiger partial charge in [0.05, 0.1) is 16.3 Å². The van der Waals surface area contributed by atoms with Crippen molar-refractivity contribution < 1.29 is 4.79 Å². The molecule has 0 heterocycles. The lowest BCUT2D eigenvalue weighted by Gasteiger charge is -2.09. The number of hydrogen-bond donors (Lipinski definition) is 2. The Morgan fingerprint density at radius 3 is 2.63 bits per heavy atom. The second kappa shape index (κ2) is 5.99. The lowest BCUT2D eigenvalue weighted by atomic mass is 10.2. The highest BCUT2D eigenvalue weighted by atomic mass is 79.9. The largest absolute Gasteiger partial charge is 0.321 e. The number of rotatable bonds is 2. The predicted molar refractivity (Wildman–Crippen MR) is 85.5 cm³/mol. The third-order valence-corrected chi connectivity index (χ3v) is 3.75. The lowest BCUT2D eigenvalue weighted by Crippen LogP contribution is -2.13. The normalized spacial score (nSPS) is 10.3. The van der Waals surface area contributed by atoms with Gasteiger partial charge in [-0.2, -0.15) is 0 Å². The van der Waals surface area contributed by atoms with Crippen molar-refractivity contribution in [2.75, 3.05) is 5.32 Å². The molecule has 0 atom stereocenters. The number of halogens is 2.